The van der Waals surface area contributed by atoms with E-state index >= 15 is 0 Å². The molecule has 0 aliphatic rings. The van der Waals surface area contributed by atoms with E-state index < -0.39 is 0 Å². The van der Waals surface area contributed by atoms with Gasteiger partial charge in [-0.25, -0.2) is 4.98 Å². The maximum absolute atomic E-state index is 11.8. The minimum Gasteiger partial charge on any atom is -0.363 e. The second kappa shape index (κ2) is 7.21. The molecule has 0 unspecified atom stereocenters. The first-order valence-electron chi connectivity index (χ1n) is 6.83. The van der Waals surface area contributed by atoms with Gasteiger partial charge in [0.05, 0.1) is 18.4 Å². The van der Waals surface area contributed by atoms with Gasteiger partial charge in [-0.05, 0) is 24.3 Å². The highest BCUT2D eigenvalue weighted by Gasteiger charge is 2.08. The zero-order chi connectivity index (χ0) is 15.9. The van der Waals surface area contributed by atoms with Crippen LogP contribution in [-0.2, 0) is 4.79 Å². The Morgan fingerprint density at radius 2 is 1.82 bits per heavy atom. The number of anilines is 2. The minimum absolute atomic E-state index is 0.0941. The molecule has 0 atom stereocenters. The van der Waals surface area contributed by atoms with Gasteiger partial charge in [0, 0.05) is 19.7 Å². The normalized spacial score (nSPS) is 9.91. The Labute approximate surface area is 129 Å². The van der Waals surface area contributed by atoms with Gasteiger partial charge in [-0.3, -0.25) is 9.59 Å². The molecule has 1 aromatic heterocycles. The molecule has 114 valence electrons. The number of nitrogens with zero attached hydrogens (tertiary/aromatic N) is 2. The van der Waals surface area contributed by atoms with Crippen molar-refractivity contribution in [1.82, 2.24) is 10.3 Å². The molecule has 0 bridgehead atoms. The van der Waals surface area contributed by atoms with Crippen LogP contribution in [0, 0.1) is 0 Å². The van der Waals surface area contributed by atoms with Crippen molar-refractivity contribution in [2.24, 2.45) is 0 Å². The molecule has 2 rings (SSSR count). The van der Waals surface area contributed by atoms with Gasteiger partial charge >= 0.3 is 0 Å². The molecular weight excluding hydrogens is 280 g/mol. The van der Waals surface area contributed by atoms with Crippen molar-refractivity contribution >= 4 is 23.3 Å². The fraction of sp³-hybridized carbons (Fsp3) is 0.188. The minimum atomic E-state index is -0.302. The monoisotopic (exact) mass is 298 g/mol. The summed E-state index contributed by atoms with van der Waals surface area (Å²) < 4.78 is 0. The Bertz CT molecular complexity index is 639. The molecule has 0 fully saturated rings. The van der Waals surface area contributed by atoms with E-state index in [0.29, 0.717) is 11.3 Å². The van der Waals surface area contributed by atoms with Crippen molar-refractivity contribution in [3.05, 3.63) is 54.2 Å². The van der Waals surface area contributed by atoms with Crippen molar-refractivity contribution in [2.75, 3.05) is 30.9 Å². The molecule has 0 aliphatic carbocycles. The summed E-state index contributed by atoms with van der Waals surface area (Å²) in [4.78, 5) is 29.7. The SMILES string of the molecule is CN(C)c1ccc(NC(=O)CNC(=O)c2ccccc2)cn1. The van der Waals surface area contributed by atoms with Crippen molar-refractivity contribution in [3.63, 3.8) is 0 Å². The van der Waals surface area contributed by atoms with Gasteiger partial charge in [0.25, 0.3) is 5.91 Å². The Balaban J connectivity index is 1.84. The number of rotatable bonds is 5. The number of benzene rings is 1. The molecule has 0 spiro atoms. The highest BCUT2D eigenvalue weighted by atomic mass is 16.2. The third-order valence-electron chi connectivity index (χ3n) is 2.94. The first-order chi connectivity index (χ1) is 10.6. The van der Waals surface area contributed by atoms with E-state index in [-0.39, 0.29) is 18.4 Å². The molecule has 0 radical (unpaired) electrons. The number of amides is 2. The van der Waals surface area contributed by atoms with Gasteiger partial charge in [0.15, 0.2) is 0 Å². The van der Waals surface area contributed by atoms with E-state index in [0.717, 1.165) is 5.82 Å². The second-order valence-corrected chi connectivity index (χ2v) is 4.90. The van der Waals surface area contributed by atoms with Crippen molar-refractivity contribution in [2.45, 2.75) is 0 Å². The Morgan fingerprint density at radius 3 is 2.41 bits per heavy atom. The van der Waals surface area contributed by atoms with Crippen molar-refractivity contribution < 1.29 is 9.59 Å². The number of carbonyl (C=O) groups excluding carboxylic acids is 2. The van der Waals surface area contributed by atoms with Gasteiger partial charge in [-0.2, -0.15) is 0 Å². The lowest BCUT2D eigenvalue weighted by Gasteiger charge is -2.11. The number of hydrogen-bond acceptors (Lipinski definition) is 4. The topological polar surface area (TPSA) is 74.3 Å². The van der Waals surface area contributed by atoms with Gasteiger partial charge in [0.1, 0.15) is 5.82 Å². The number of carbonyl (C=O) groups is 2. The third kappa shape index (κ3) is 4.31. The molecule has 2 N–H and O–H groups in total. The van der Waals surface area contributed by atoms with Gasteiger partial charge in [-0.15, -0.1) is 0 Å². The van der Waals surface area contributed by atoms with Crippen LogP contribution in [0.2, 0.25) is 0 Å². The van der Waals surface area contributed by atoms with Crippen molar-refractivity contribution in [3.8, 4) is 0 Å². The fourth-order valence-electron chi connectivity index (χ4n) is 1.78. The maximum Gasteiger partial charge on any atom is 0.251 e. The smallest absolute Gasteiger partial charge is 0.251 e. The molecule has 1 aromatic carbocycles. The van der Waals surface area contributed by atoms with Crippen LogP contribution in [0.25, 0.3) is 0 Å². The highest BCUT2D eigenvalue weighted by Crippen LogP contribution is 2.11. The van der Waals surface area contributed by atoms with E-state index in [1.54, 1.807) is 42.6 Å². The average Bonchev–Trinajstić information content (AvgIpc) is 2.54. The van der Waals surface area contributed by atoms with Crippen LogP contribution in [0.15, 0.2) is 48.7 Å². The first kappa shape index (κ1) is 15.5. The van der Waals surface area contributed by atoms with Crippen LogP contribution in [0.3, 0.4) is 0 Å². The molecular formula is C16H18N4O2. The molecule has 2 aromatic rings. The van der Waals surface area contributed by atoms with Crippen LogP contribution in [0.4, 0.5) is 11.5 Å². The molecule has 22 heavy (non-hydrogen) atoms. The van der Waals surface area contributed by atoms with Crippen molar-refractivity contribution in [1.29, 1.82) is 0 Å². The third-order valence-corrected chi connectivity index (χ3v) is 2.94. The molecule has 1 heterocycles. The van der Waals surface area contributed by atoms with E-state index in [2.05, 4.69) is 15.6 Å². The summed E-state index contributed by atoms with van der Waals surface area (Å²) in [6.07, 6.45) is 1.58. The zero-order valence-electron chi connectivity index (χ0n) is 12.5. The largest absolute Gasteiger partial charge is 0.363 e. The lowest BCUT2D eigenvalue weighted by molar-refractivity contribution is -0.115. The summed E-state index contributed by atoms with van der Waals surface area (Å²) in [5.74, 6) is 0.218. The molecule has 2 amide bonds. The molecule has 0 saturated carbocycles. The number of aromatic nitrogens is 1. The number of hydrogen-bond donors (Lipinski definition) is 2. The highest BCUT2D eigenvalue weighted by molar-refractivity contribution is 5.99. The Hall–Kier alpha value is -2.89. The van der Waals surface area contributed by atoms with Gasteiger partial charge in [-0.1, -0.05) is 18.2 Å². The van der Waals surface area contributed by atoms with Crippen LogP contribution < -0.4 is 15.5 Å². The Morgan fingerprint density at radius 1 is 1.09 bits per heavy atom. The summed E-state index contributed by atoms with van der Waals surface area (Å²) in [6.45, 7) is -0.0941. The summed E-state index contributed by atoms with van der Waals surface area (Å²) in [5.41, 5.74) is 1.11. The zero-order valence-corrected chi connectivity index (χ0v) is 12.5. The standard InChI is InChI=1S/C16H18N4O2/c1-20(2)14-9-8-13(10-17-14)19-15(21)11-18-16(22)12-6-4-3-5-7-12/h3-10H,11H2,1-2H3,(H,18,22)(H,19,21). The summed E-state index contributed by atoms with van der Waals surface area (Å²) in [6, 6.07) is 12.3. The summed E-state index contributed by atoms with van der Waals surface area (Å²) in [7, 11) is 3.78. The van der Waals surface area contributed by atoms with E-state index in [1.165, 1.54) is 0 Å². The summed E-state index contributed by atoms with van der Waals surface area (Å²) in [5, 5.41) is 5.25. The molecule has 0 saturated heterocycles. The molecule has 6 heteroatoms. The Kier molecular flexibility index (Phi) is 5.08. The van der Waals surface area contributed by atoms with Gasteiger partial charge in [0.2, 0.25) is 5.91 Å². The van der Waals surface area contributed by atoms with Crippen LogP contribution in [-0.4, -0.2) is 37.4 Å². The van der Waals surface area contributed by atoms with E-state index in [1.807, 2.05) is 25.1 Å². The molecule has 6 nitrogen and oxygen atoms in total. The second-order valence-electron chi connectivity index (χ2n) is 4.90. The maximum atomic E-state index is 11.8. The number of nitrogens with one attached hydrogen (secondary N) is 2. The molecule has 0 aliphatic heterocycles. The number of pyridine rings is 1. The fourth-order valence-corrected chi connectivity index (χ4v) is 1.78. The predicted octanol–water partition coefficient (Wildman–Crippen LogP) is 1.52. The predicted molar refractivity (Wildman–Crippen MR) is 86.0 cm³/mol. The lowest BCUT2D eigenvalue weighted by Crippen LogP contribution is -2.32. The van der Waals surface area contributed by atoms with E-state index in [9.17, 15) is 9.59 Å². The average molecular weight is 298 g/mol. The first-order valence-corrected chi connectivity index (χ1v) is 6.83. The summed E-state index contributed by atoms with van der Waals surface area (Å²) >= 11 is 0. The van der Waals surface area contributed by atoms with Gasteiger partial charge < -0.3 is 15.5 Å². The van der Waals surface area contributed by atoms with Crippen LogP contribution >= 0.6 is 0 Å². The van der Waals surface area contributed by atoms with E-state index in [4.69, 9.17) is 0 Å². The van der Waals surface area contributed by atoms with Crippen LogP contribution in [0.1, 0.15) is 10.4 Å². The lowest BCUT2D eigenvalue weighted by atomic mass is 10.2. The van der Waals surface area contributed by atoms with Crippen LogP contribution in [0.5, 0.6) is 0 Å². The quantitative estimate of drug-likeness (QED) is 0.877.